The average molecular weight is 425 g/mol. The first-order chi connectivity index (χ1) is 14.4. The quantitative estimate of drug-likeness (QED) is 0.267. The van der Waals surface area contributed by atoms with Crippen LogP contribution in [0.5, 0.6) is 0 Å². The van der Waals surface area contributed by atoms with Crippen LogP contribution in [0.3, 0.4) is 0 Å². The molecule has 0 saturated carbocycles. The zero-order valence-electron chi connectivity index (χ0n) is 19.9. The first-order valence-electron chi connectivity index (χ1n) is 11.4. The molecule has 0 bridgehead atoms. The molecule has 0 fully saturated rings. The number of amidine groups is 1. The Hall–Kier alpha value is -1.74. The molecule has 2 nitrogen and oxygen atoms in total. The number of aliphatic imine (C=N–C) groups is 1. The van der Waals surface area contributed by atoms with Crippen LogP contribution in [-0.2, 0) is 0 Å². The standard InChI is InChI=1S/C27H40N2S/c1-21(2)11-9-12-23(5)13-10-14-24(6)17-20-30-26-16-8-7-15-25(26)27-28-18-19-29(27)22(3)4/h7-8,11,13,15-17,22H,9-10,12,14,18-20H2,1-6H3/b23-13+,24-17+. The topological polar surface area (TPSA) is 15.6 Å². The number of thioether (sulfide) groups is 1. The van der Waals surface area contributed by atoms with Gasteiger partial charge in [0, 0.05) is 28.8 Å². The summed E-state index contributed by atoms with van der Waals surface area (Å²) in [5.74, 6) is 2.18. The van der Waals surface area contributed by atoms with Gasteiger partial charge in [-0.05, 0) is 73.3 Å². The minimum Gasteiger partial charge on any atom is -0.352 e. The number of hydrogen-bond acceptors (Lipinski definition) is 3. The lowest BCUT2D eigenvalue weighted by atomic mass is 10.1. The Bertz CT molecular complexity index is 795. The lowest BCUT2D eigenvalue weighted by Gasteiger charge is -2.25. The third kappa shape index (κ3) is 8.18. The maximum Gasteiger partial charge on any atom is 0.132 e. The number of hydrogen-bond donors (Lipinski definition) is 0. The van der Waals surface area contributed by atoms with E-state index in [1.807, 2.05) is 11.8 Å². The van der Waals surface area contributed by atoms with Crippen molar-refractivity contribution in [2.45, 2.75) is 78.2 Å². The van der Waals surface area contributed by atoms with Crippen LogP contribution in [0.25, 0.3) is 0 Å². The van der Waals surface area contributed by atoms with Crippen molar-refractivity contribution in [3.05, 3.63) is 64.8 Å². The van der Waals surface area contributed by atoms with Gasteiger partial charge in [-0.3, -0.25) is 4.99 Å². The highest BCUT2D eigenvalue weighted by atomic mass is 32.2. The molecule has 1 aromatic rings. The zero-order valence-corrected chi connectivity index (χ0v) is 20.7. The van der Waals surface area contributed by atoms with Gasteiger partial charge in [-0.2, -0.15) is 0 Å². The molecule has 1 aliphatic heterocycles. The van der Waals surface area contributed by atoms with Gasteiger partial charge in [-0.15, -0.1) is 11.8 Å². The molecule has 0 atom stereocenters. The first kappa shape index (κ1) is 24.5. The first-order valence-corrected chi connectivity index (χ1v) is 12.3. The van der Waals surface area contributed by atoms with E-state index in [0.717, 1.165) is 38.1 Å². The van der Waals surface area contributed by atoms with Crippen molar-refractivity contribution >= 4 is 17.6 Å². The van der Waals surface area contributed by atoms with Crippen molar-refractivity contribution in [3.63, 3.8) is 0 Å². The summed E-state index contributed by atoms with van der Waals surface area (Å²) in [6.07, 6.45) is 11.8. The van der Waals surface area contributed by atoms with Crippen molar-refractivity contribution in [1.29, 1.82) is 0 Å². The molecule has 0 aromatic heterocycles. The molecule has 0 aliphatic carbocycles. The highest BCUT2D eigenvalue weighted by Gasteiger charge is 2.22. The third-order valence-electron chi connectivity index (χ3n) is 5.42. The minimum absolute atomic E-state index is 0.491. The Kier molecular flexibility index (Phi) is 10.5. The predicted octanol–water partition coefficient (Wildman–Crippen LogP) is 7.67. The molecule has 1 heterocycles. The van der Waals surface area contributed by atoms with Gasteiger partial charge in [0.1, 0.15) is 5.84 Å². The predicted molar refractivity (Wildman–Crippen MR) is 136 cm³/mol. The SMILES string of the molecule is CC(C)=CCC/C(C)=C/CC/C(C)=C/CSc1ccccc1C1=NCCN1C(C)C. The highest BCUT2D eigenvalue weighted by Crippen LogP contribution is 2.27. The molecular formula is C27H40N2S. The van der Waals surface area contributed by atoms with Gasteiger partial charge in [-0.25, -0.2) is 0 Å². The van der Waals surface area contributed by atoms with Crippen LogP contribution < -0.4 is 0 Å². The molecule has 3 heteroatoms. The Morgan fingerprint density at radius 1 is 1.00 bits per heavy atom. The summed E-state index contributed by atoms with van der Waals surface area (Å²) in [7, 11) is 0. The summed E-state index contributed by atoms with van der Waals surface area (Å²) in [6, 6.07) is 9.22. The van der Waals surface area contributed by atoms with E-state index in [4.69, 9.17) is 4.99 Å². The largest absolute Gasteiger partial charge is 0.352 e. The van der Waals surface area contributed by atoms with Gasteiger partial charge in [0.2, 0.25) is 0 Å². The van der Waals surface area contributed by atoms with Crippen LogP contribution >= 0.6 is 11.8 Å². The van der Waals surface area contributed by atoms with Crippen LogP contribution in [0.2, 0.25) is 0 Å². The van der Waals surface area contributed by atoms with Crippen LogP contribution in [-0.4, -0.2) is 35.6 Å². The Labute approximate surface area is 189 Å². The maximum atomic E-state index is 4.80. The van der Waals surface area contributed by atoms with Gasteiger partial charge in [-0.1, -0.05) is 53.1 Å². The number of benzene rings is 1. The fraction of sp³-hybridized carbons (Fsp3) is 0.519. The van der Waals surface area contributed by atoms with E-state index < -0.39 is 0 Å². The van der Waals surface area contributed by atoms with Crippen molar-refractivity contribution in [2.75, 3.05) is 18.8 Å². The number of nitrogens with zero attached hydrogens (tertiary/aromatic N) is 2. The van der Waals surface area contributed by atoms with Crippen molar-refractivity contribution in [3.8, 4) is 0 Å². The number of rotatable bonds is 11. The highest BCUT2D eigenvalue weighted by molar-refractivity contribution is 7.99. The van der Waals surface area contributed by atoms with Crippen molar-refractivity contribution in [2.24, 2.45) is 4.99 Å². The van der Waals surface area contributed by atoms with E-state index in [0.29, 0.717) is 6.04 Å². The molecule has 30 heavy (non-hydrogen) atoms. The smallest absolute Gasteiger partial charge is 0.132 e. The molecular weight excluding hydrogens is 384 g/mol. The maximum absolute atomic E-state index is 4.80. The van der Waals surface area contributed by atoms with Crippen LogP contribution in [0.15, 0.2) is 69.1 Å². The molecule has 2 rings (SSSR count). The fourth-order valence-electron chi connectivity index (χ4n) is 3.59. The lowest BCUT2D eigenvalue weighted by molar-refractivity contribution is 0.381. The summed E-state index contributed by atoms with van der Waals surface area (Å²) in [5, 5.41) is 0. The summed E-state index contributed by atoms with van der Waals surface area (Å²) in [4.78, 5) is 8.56. The van der Waals surface area contributed by atoms with E-state index in [-0.39, 0.29) is 0 Å². The molecule has 0 saturated heterocycles. The molecule has 1 aliphatic rings. The van der Waals surface area contributed by atoms with Gasteiger partial charge in [0.15, 0.2) is 0 Å². The van der Waals surface area contributed by atoms with E-state index in [1.165, 1.54) is 39.4 Å². The van der Waals surface area contributed by atoms with E-state index in [1.54, 1.807) is 0 Å². The molecule has 0 unspecified atom stereocenters. The second-order valence-electron chi connectivity index (χ2n) is 8.76. The minimum atomic E-state index is 0.491. The summed E-state index contributed by atoms with van der Waals surface area (Å²) < 4.78 is 0. The summed E-state index contributed by atoms with van der Waals surface area (Å²) in [5.41, 5.74) is 5.69. The van der Waals surface area contributed by atoms with Gasteiger partial charge in [0.05, 0.1) is 6.54 Å². The summed E-state index contributed by atoms with van der Waals surface area (Å²) >= 11 is 1.92. The summed E-state index contributed by atoms with van der Waals surface area (Å²) in [6.45, 7) is 15.3. The number of allylic oxidation sites excluding steroid dienone is 5. The van der Waals surface area contributed by atoms with E-state index in [2.05, 4.69) is 88.9 Å². The van der Waals surface area contributed by atoms with Crippen LogP contribution in [0.4, 0.5) is 0 Å². The molecule has 0 amide bonds. The fourth-order valence-corrected chi connectivity index (χ4v) is 4.63. The normalized spacial score (nSPS) is 15.0. The monoisotopic (exact) mass is 424 g/mol. The van der Waals surface area contributed by atoms with Crippen molar-refractivity contribution < 1.29 is 0 Å². The Morgan fingerprint density at radius 2 is 1.67 bits per heavy atom. The van der Waals surface area contributed by atoms with Gasteiger partial charge < -0.3 is 4.90 Å². The molecule has 0 N–H and O–H groups in total. The van der Waals surface area contributed by atoms with E-state index in [9.17, 15) is 0 Å². The van der Waals surface area contributed by atoms with Crippen LogP contribution in [0, 0.1) is 0 Å². The van der Waals surface area contributed by atoms with Crippen molar-refractivity contribution in [1.82, 2.24) is 4.90 Å². The molecule has 164 valence electrons. The average Bonchev–Trinajstić information content (AvgIpc) is 3.18. The second kappa shape index (κ2) is 12.8. The lowest BCUT2D eigenvalue weighted by Crippen LogP contribution is -2.35. The van der Waals surface area contributed by atoms with Crippen LogP contribution in [0.1, 0.15) is 72.8 Å². The Morgan fingerprint density at radius 3 is 2.37 bits per heavy atom. The second-order valence-corrected chi connectivity index (χ2v) is 9.82. The Balaban J connectivity index is 1.86. The molecule has 0 spiro atoms. The van der Waals surface area contributed by atoms with E-state index >= 15 is 0 Å². The third-order valence-corrected chi connectivity index (χ3v) is 6.42. The molecule has 0 radical (unpaired) electrons. The molecule has 1 aromatic carbocycles. The van der Waals surface area contributed by atoms with Gasteiger partial charge >= 0.3 is 0 Å². The van der Waals surface area contributed by atoms with Gasteiger partial charge in [0.25, 0.3) is 0 Å². The zero-order chi connectivity index (χ0) is 21.9.